The summed E-state index contributed by atoms with van der Waals surface area (Å²) in [5, 5.41) is 2.87. The molecule has 1 amide bonds. The molecule has 0 aromatic heterocycles. The monoisotopic (exact) mass is 223 g/mol. The molecule has 0 aliphatic rings. The van der Waals surface area contributed by atoms with Gasteiger partial charge in [-0.3, -0.25) is 4.79 Å². The maximum absolute atomic E-state index is 11.4. The topological polar surface area (TPSA) is 29.1 Å². The molecule has 0 rings (SSSR count). The summed E-state index contributed by atoms with van der Waals surface area (Å²) in [6.45, 7) is 8.11. The van der Waals surface area contributed by atoms with Gasteiger partial charge in [0.05, 0.1) is 0 Å². The molecule has 0 radical (unpaired) electrons. The first-order valence-electron chi connectivity index (χ1n) is 6.11. The summed E-state index contributed by atoms with van der Waals surface area (Å²) in [7, 11) is 0. The Morgan fingerprint density at radius 2 is 1.88 bits per heavy atom. The molecular formula is C14H25NO. The molecule has 0 unspecified atom stereocenters. The zero-order valence-corrected chi connectivity index (χ0v) is 11.0. The van der Waals surface area contributed by atoms with E-state index in [1.807, 2.05) is 26.8 Å². The minimum Gasteiger partial charge on any atom is -0.348 e. The van der Waals surface area contributed by atoms with Gasteiger partial charge in [0.15, 0.2) is 0 Å². The van der Waals surface area contributed by atoms with Gasteiger partial charge >= 0.3 is 0 Å². The van der Waals surface area contributed by atoms with Crippen LogP contribution in [0.4, 0.5) is 0 Å². The van der Waals surface area contributed by atoms with Crippen molar-refractivity contribution in [1.82, 2.24) is 5.32 Å². The Kier molecular flexibility index (Phi) is 7.61. The first-order chi connectivity index (χ1) is 7.45. The molecule has 1 N–H and O–H groups in total. The molecular weight excluding hydrogens is 198 g/mol. The number of rotatable bonds is 6. The molecule has 0 aromatic carbocycles. The first-order valence-corrected chi connectivity index (χ1v) is 6.11. The van der Waals surface area contributed by atoms with Gasteiger partial charge in [0.25, 0.3) is 0 Å². The number of carbonyl (C=O) groups excluding carboxylic acids is 1. The zero-order valence-electron chi connectivity index (χ0n) is 11.0. The predicted molar refractivity (Wildman–Crippen MR) is 70.3 cm³/mol. The van der Waals surface area contributed by atoms with Crippen LogP contribution in [-0.2, 0) is 4.79 Å². The summed E-state index contributed by atoms with van der Waals surface area (Å²) in [5.74, 6) is -0.0364. The van der Waals surface area contributed by atoms with Crippen LogP contribution in [0.1, 0.15) is 53.4 Å². The normalized spacial score (nSPS) is 12.5. The van der Waals surface area contributed by atoms with E-state index in [1.54, 1.807) is 12.2 Å². The van der Waals surface area contributed by atoms with Crippen molar-refractivity contribution >= 4 is 5.91 Å². The van der Waals surface area contributed by atoms with Gasteiger partial charge in [-0.2, -0.15) is 0 Å². The van der Waals surface area contributed by atoms with Crippen molar-refractivity contribution in [2.75, 3.05) is 0 Å². The van der Waals surface area contributed by atoms with Gasteiger partial charge in [-0.1, -0.05) is 38.0 Å². The molecule has 16 heavy (non-hydrogen) atoms. The lowest BCUT2D eigenvalue weighted by atomic mass is 10.1. The molecule has 0 aromatic rings. The van der Waals surface area contributed by atoms with Crippen LogP contribution in [0, 0.1) is 0 Å². The molecule has 2 nitrogen and oxygen atoms in total. The van der Waals surface area contributed by atoms with Crippen LogP contribution in [0.25, 0.3) is 0 Å². The third-order valence-electron chi connectivity index (χ3n) is 1.97. The second-order valence-electron chi connectivity index (χ2n) is 5.02. The predicted octanol–water partition coefficient (Wildman–Crippen LogP) is 3.59. The van der Waals surface area contributed by atoms with Crippen LogP contribution < -0.4 is 5.32 Å². The average molecular weight is 223 g/mol. The highest BCUT2D eigenvalue weighted by molar-refractivity contribution is 5.88. The van der Waals surface area contributed by atoms with E-state index in [0.29, 0.717) is 0 Å². The van der Waals surface area contributed by atoms with Gasteiger partial charge in [-0.15, -0.1) is 0 Å². The molecule has 0 heterocycles. The minimum absolute atomic E-state index is 0.0364. The molecule has 0 bridgehead atoms. The van der Waals surface area contributed by atoms with Crippen molar-refractivity contribution in [3.63, 3.8) is 0 Å². The van der Waals surface area contributed by atoms with Crippen molar-refractivity contribution in [2.24, 2.45) is 0 Å². The largest absolute Gasteiger partial charge is 0.348 e. The number of unbranched alkanes of at least 4 members (excludes halogenated alkanes) is 3. The van der Waals surface area contributed by atoms with Crippen molar-refractivity contribution in [1.29, 1.82) is 0 Å². The van der Waals surface area contributed by atoms with Crippen LogP contribution in [0.15, 0.2) is 24.3 Å². The summed E-state index contributed by atoms with van der Waals surface area (Å²) < 4.78 is 0. The Morgan fingerprint density at radius 1 is 1.19 bits per heavy atom. The van der Waals surface area contributed by atoms with Crippen molar-refractivity contribution in [2.45, 2.75) is 58.9 Å². The van der Waals surface area contributed by atoms with Gasteiger partial charge in [-0.05, 0) is 33.6 Å². The zero-order chi connectivity index (χ0) is 12.4. The van der Waals surface area contributed by atoms with E-state index < -0.39 is 0 Å². The van der Waals surface area contributed by atoms with E-state index in [0.717, 1.165) is 6.42 Å². The van der Waals surface area contributed by atoms with Crippen molar-refractivity contribution in [3.05, 3.63) is 24.3 Å². The molecule has 0 aliphatic heterocycles. The smallest absolute Gasteiger partial charge is 0.244 e. The van der Waals surface area contributed by atoms with E-state index in [-0.39, 0.29) is 11.4 Å². The number of hydrogen-bond donors (Lipinski definition) is 1. The standard InChI is InChI=1S/C14H25NO/c1-5-6-7-8-9-10-11-12-13(16)15-14(2,3)4/h9-12H,5-8H2,1-4H3,(H,15,16)/b10-9+,12-11+. The SMILES string of the molecule is CCCCC/C=C/C=C/C(=O)NC(C)(C)C. The quantitative estimate of drug-likeness (QED) is 0.416. The maximum atomic E-state index is 11.4. The summed E-state index contributed by atoms with van der Waals surface area (Å²) >= 11 is 0. The molecule has 0 fully saturated rings. The third kappa shape index (κ3) is 11.0. The molecule has 0 aliphatic carbocycles. The lowest BCUT2D eigenvalue weighted by Crippen LogP contribution is -2.39. The van der Waals surface area contributed by atoms with E-state index >= 15 is 0 Å². The van der Waals surface area contributed by atoms with Crippen LogP contribution in [0.2, 0.25) is 0 Å². The first kappa shape index (κ1) is 14.9. The van der Waals surface area contributed by atoms with E-state index in [2.05, 4.69) is 18.3 Å². The fourth-order valence-electron chi connectivity index (χ4n) is 1.24. The number of hydrogen-bond acceptors (Lipinski definition) is 1. The lowest BCUT2D eigenvalue weighted by Gasteiger charge is -2.18. The highest BCUT2D eigenvalue weighted by atomic mass is 16.1. The molecule has 0 saturated heterocycles. The van der Waals surface area contributed by atoms with Gasteiger partial charge < -0.3 is 5.32 Å². The highest BCUT2D eigenvalue weighted by Crippen LogP contribution is 2.00. The fourth-order valence-corrected chi connectivity index (χ4v) is 1.24. The Labute approximate surface area is 99.8 Å². The average Bonchev–Trinajstić information content (AvgIpc) is 2.13. The Bertz CT molecular complexity index is 246. The molecule has 0 saturated carbocycles. The van der Waals surface area contributed by atoms with Gasteiger partial charge in [0.1, 0.15) is 0 Å². The third-order valence-corrected chi connectivity index (χ3v) is 1.97. The molecule has 0 spiro atoms. The van der Waals surface area contributed by atoms with Crippen LogP contribution in [0.5, 0.6) is 0 Å². The van der Waals surface area contributed by atoms with Crippen molar-refractivity contribution in [3.8, 4) is 0 Å². The summed E-state index contributed by atoms with van der Waals surface area (Å²) in [6.07, 6.45) is 12.3. The fraction of sp³-hybridized carbons (Fsp3) is 0.643. The van der Waals surface area contributed by atoms with Crippen LogP contribution >= 0.6 is 0 Å². The number of nitrogens with one attached hydrogen (secondary N) is 1. The Balaban J connectivity index is 3.71. The van der Waals surface area contributed by atoms with Gasteiger partial charge in [0.2, 0.25) is 5.91 Å². The second-order valence-corrected chi connectivity index (χ2v) is 5.02. The van der Waals surface area contributed by atoms with Gasteiger partial charge in [0, 0.05) is 11.6 Å². The van der Waals surface area contributed by atoms with E-state index in [9.17, 15) is 4.79 Å². The molecule has 0 atom stereocenters. The van der Waals surface area contributed by atoms with Crippen LogP contribution in [0.3, 0.4) is 0 Å². The summed E-state index contributed by atoms with van der Waals surface area (Å²) in [5.41, 5.74) is -0.160. The second kappa shape index (κ2) is 8.14. The highest BCUT2D eigenvalue weighted by Gasteiger charge is 2.10. The lowest BCUT2D eigenvalue weighted by molar-refractivity contribution is -0.117. The summed E-state index contributed by atoms with van der Waals surface area (Å²) in [6, 6.07) is 0. The van der Waals surface area contributed by atoms with Crippen LogP contribution in [-0.4, -0.2) is 11.4 Å². The number of carbonyl (C=O) groups is 1. The van der Waals surface area contributed by atoms with E-state index in [4.69, 9.17) is 0 Å². The van der Waals surface area contributed by atoms with Crippen molar-refractivity contribution < 1.29 is 4.79 Å². The Hall–Kier alpha value is -1.05. The number of allylic oxidation sites excluding steroid dienone is 3. The van der Waals surface area contributed by atoms with Gasteiger partial charge in [-0.25, -0.2) is 0 Å². The van der Waals surface area contributed by atoms with E-state index in [1.165, 1.54) is 19.3 Å². The Morgan fingerprint density at radius 3 is 2.44 bits per heavy atom. The maximum Gasteiger partial charge on any atom is 0.244 e. The molecule has 2 heteroatoms. The summed E-state index contributed by atoms with van der Waals surface area (Å²) in [4.78, 5) is 11.4. The molecule has 92 valence electrons. The number of amides is 1. The minimum atomic E-state index is -0.160.